The van der Waals surface area contributed by atoms with Gasteiger partial charge in [-0.3, -0.25) is 15.0 Å². The highest BCUT2D eigenvalue weighted by Crippen LogP contribution is 2.23. The van der Waals surface area contributed by atoms with E-state index in [1.54, 1.807) is 0 Å². The van der Waals surface area contributed by atoms with Gasteiger partial charge in [0.25, 0.3) is 5.69 Å². The molecule has 1 unspecified atom stereocenters. The molecule has 2 N–H and O–H groups in total. The summed E-state index contributed by atoms with van der Waals surface area (Å²) in [6, 6.07) is 4.01. The number of hydrogen-bond acceptors (Lipinski definition) is 5. The van der Waals surface area contributed by atoms with Gasteiger partial charge in [0.05, 0.1) is 16.2 Å². The average molecular weight is 293 g/mol. The van der Waals surface area contributed by atoms with E-state index in [1.807, 2.05) is 0 Å². The Morgan fingerprint density at radius 2 is 2.14 bits per heavy atom. The van der Waals surface area contributed by atoms with Crippen LogP contribution in [0.5, 0.6) is 0 Å². The van der Waals surface area contributed by atoms with Gasteiger partial charge in [0, 0.05) is 24.7 Å². The number of hydrogen-bond donors (Lipinski definition) is 2. The lowest BCUT2D eigenvalue weighted by molar-refractivity contribution is -0.384. The zero-order valence-electron chi connectivity index (χ0n) is 11.9. The summed E-state index contributed by atoms with van der Waals surface area (Å²) in [5, 5.41) is 23.0. The number of carboxylic acid groups (broad SMARTS) is 1. The monoisotopic (exact) mass is 293 g/mol. The number of benzene rings is 1. The summed E-state index contributed by atoms with van der Waals surface area (Å²) in [5.74, 6) is -1.10. The summed E-state index contributed by atoms with van der Waals surface area (Å²) in [5.41, 5.74) is 0.230. The average Bonchev–Trinajstić information content (AvgIpc) is 2.98. The fraction of sp³-hybridized carbons (Fsp3) is 0.500. The number of nitrogens with zero attached hydrogens (tertiary/aromatic N) is 2. The second-order valence-electron chi connectivity index (χ2n) is 5.27. The molecule has 0 spiro atoms. The van der Waals surface area contributed by atoms with Crippen LogP contribution in [0.1, 0.15) is 30.1 Å². The second-order valence-corrected chi connectivity index (χ2v) is 5.27. The minimum atomic E-state index is -1.10. The molecular weight excluding hydrogens is 274 g/mol. The Morgan fingerprint density at radius 1 is 1.48 bits per heavy atom. The van der Waals surface area contributed by atoms with Crippen molar-refractivity contribution in [1.82, 2.24) is 4.90 Å². The first kappa shape index (κ1) is 15.2. The lowest BCUT2D eigenvalue weighted by Crippen LogP contribution is -2.35. The van der Waals surface area contributed by atoms with Crippen LogP contribution in [-0.2, 0) is 0 Å². The number of nitro benzene ring substituents is 1. The number of aromatic carboxylic acids is 1. The summed E-state index contributed by atoms with van der Waals surface area (Å²) in [4.78, 5) is 23.8. The number of carbonyl (C=O) groups is 1. The predicted octanol–water partition coefficient (Wildman–Crippen LogP) is 2.19. The van der Waals surface area contributed by atoms with Gasteiger partial charge >= 0.3 is 5.97 Å². The molecule has 2 rings (SSSR count). The highest BCUT2D eigenvalue weighted by Gasteiger charge is 2.20. The summed E-state index contributed by atoms with van der Waals surface area (Å²) in [6.45, 7) is 4.71. The highest BCUT2D eigenvalue weighted by molar-refractivity contribution is 5.94. The molecule has 1 aliphatic rings. The zero-order valence-corrected chi connectivity index (χ0v) is 11.9. The fourth-order valence-electron chi connectivity index (χ4n) is 2.55. The van der Waals surface area contributed by atoms with Crippen LogP contribution in [0.25, 0.3) is 0 Å². The summed E-state index contributed by atoms with van der Waals surface area (Å²) in [6.07, 6.45) is 2.36. The molecule has 1 heterocycles. The van der Waals surface area contributed by atoms with Gasteiger partial charge in [-0.15, -0.1) is 0 Å². The Morgan fingerprint density at radius 3 is 2.71 bits per heavy atom. The number of likely N-dealkylation sites (tertiary alicyclic amines) is 1. The fourth-order valence-corrected chi connectivity index (χ4v) is 2.55. The van der Waals surface area contributed by atoms with Crippen LogP contribution in [0, 0.1) is 10.1 Å². The molecule has 1 aromatic carbocycles. The second kappa shape index (κ2) is 6.53. The molecule has 0 aromatic heterocycles. The van der Waals surface area contributed by atoms with Crippen molar-refractivity contribution >= 4 is 17.3 Å². The number of anilines is 1. The maximum Gasteiger partial charge on any atom is 0.337 e. The minimum Gasteiger partial charge on any atom is -0.478 e. The summed E-state index contributed by atoms with van der Waals surface area (Å²) >= 11 is 0. The van der Waals surface area contributed by atoms with Crippen molar-refractivity contribution in [2.75, 3.05) is 25.0 Å². The molecule has 1 fully saturated rings. The molecule has 7 heteroatoms. The van der Waals surface area contributed by atoms with Crippen LogP contribution in [0.4, 0.5) is 11.4 Å². The van der Waals surface area contributed by atoms with Crippen molar-refractivity contribution in [3.8, 4) is 0 Å². The van der Waals surface area contributed by atoms with Gasteiger partial charge in [-0.05, 0) is 38.9 Å². The summed E-state index contributed by atoms with van der Waals surface area (Å²) < 4.78 is 0. The number of nitrogens with one attached hydrogen (secondary N) is 1. The smallest absolute Gasteiger partial charge is 0.337 e. The van der Waals surface area contributed by atoms with E-state index in [9.17, 15) is 14.9 Å². The van der Waals surface area contributed by atoms with Crippen LogP contribution in [0.15, 0.2) is 18.2 Å². The normalized spacial score (nSPS) is 16.6. The van der Waals surface area contributed by atoms with Gasteiger partial charge in [-0.2, -0.15) is 0 Å². The maximum absolute atomic E-state index is 11.2. The molecule has 0 amide bonds. The quantitative estimate of drug-likeness (QED) is 0.616. The Balaban J connectivity index is 2.11. The Bertz CT molecular complexity index is 541. The van der Waals surface area contributed by atoms with E-state index in [0.29, 0.717) is 12.2 Å². The van der Waals surface area contributed by atoms with Crippen molar-refractivity contribution < 1.29 is 14.8 Å². The predicted molar refractivity (Wildman–Crippen MR) is 78.8 cm³/mol. The van der Waals surface area contributed by atoms with Crippen molar-refractivity contribution in [3.63, 3.8) is 0 Å². The van der Waals surface area contributed by atoms with Gasteiger partial charge in [0.2, 0.25) is 0 Å². The maximum atomic E-state index is 11.2. The van der Waals surface area contributed by atoms with E-state index in [2.05, 4.69) is 17.1 Å². The van der Waals surface area contributed by atoms with Crippen LogP contribution < -0.4 is 5.32 Å². The minimum absolute atomic E-state index is 0.0502. The molecule has 7 nitrogen and oxygen atoms in total. The van der Waals surface area contributed by atoms with E-state index in [-0.39, 0.29) is 17.3 Å². The summed E-state index contributed by atoms with van der Waals surface area (Å²) in [7, 11) is 0. The molecule has 1 saturated heterocycles. The number of nitro groups is 1. The first-order valence-electron chi connectivity index (χ1n) is 6.98. The SMILES string of the molecule is CC(CNc1cc([N+](=O)[O-])ccc1C(=O)O)N1CCCC1. The highest BCUT2D eigenvalue weighted by atomic mass is 16.6. The molecule has 1 atom stereocenters. The van der Waals surface area contributed by atoms with E-state index in [1.165, 1.54) is 31.0 Å². The number of non-ortho nitro benzene ring substituents is 1. The third-order valence-corrected chi connectivity index (χ3v) is 3.80. The molecule has 0 aliphatic carbocycles. The molecular formula is C14H19N3O4. The molecule has 0 saturated carbocycles. The number of rotatable bonds is 6. The number of carboxylic acids is 1. The molecule has 0 radical (unpaired) electrons. The Kier molecular flexibility index (Phi) is 4.74. The van der Waals surface area contributed by atoms with Gasteiger partial charge in [-0.25, -0.2) is 4.79 Å². The Labute approximate surface area is 122 Å². The topological polar surface area (TPSA) is 95.7 Å². The third kappa shape index (κ3) is 3.69. The molecule has 0 bridgehead atoms. The molecule has 21 heavy (non-hydrogen) atoms. The van der Waals surface area contributed by atoms with E-state index in [0.717, 1.165) is 13.1 Å². The van der Waals surface area contributed by atoms with Gasteiger partial charge in [0.15, 0.2) is 0 Å². The molecule has 1 aromatic rings. The zero-order chi connectivity index (χ0) is 15.4. The van der Waals surface area contributed by atoms with Crippen LogP contribution >= 0.6 is 0 Å². The van der Waals surface area contributed by atoms with Crippen LogP contribution in [0.3, 0.4) is 0 Å². The van der Waals surface area contributed by atoms with E-state index < -0.39 is 10.9 Å². The van der Waals surface area contributed by atoms with Crippen molar-refractivity contribution in [2.45, 2.75) is 25.8 Å². The van der Waals surface area contributed by atoms with Gasteiger partial charge in [-0.1, -0.05) is 0 Å². The van der Waals surface area contributed by atoms with Gasteiger partial charge in [0.1, 0.15) is 0 Å². The van der Waals surface area contributed by atoms with Crippen molar-refractivity contribution in [2.24, 2.45) is 0 Å². The first-order valence-corrected chi connectivity index (χ1v) is 6.98. The van der Waals surface area contributed by atoms with Crippen molar-refractivity contribution in [3.05, 3.63) is 33.9 Å². The van der Waals surface area contributed by atoms with Crippen molar-refractivity contribution in [1.29, 1.82) is 0 Å². The largest absolute Gasteiger partial charge is 0.478 e. The standard InChI is InChI=1S/C14H19N3O4/c1-10(16-6-2-3-7-16)9-15-13-8-11(17(20)21)4-5-12(13)14(18)19/h4-5,8,10,15H,2-3,6-7,9H2,1H3,(H,18,19). The molecule has 114 valence electrons. The lowest BCUT2D eigenvalue weighted by atomic mass is 10.1. The van der Waals surface area contributed by atoms with Gasteiger partial charge < -0.3 is 10.4 Å². The van der Waals surface area contributed by atoms with Crippen LogP contribution in [0.2, 0.25) is 0 Å². The van der Waals surface area contributed by atoms with E-state index >= 15 is 0 Å². The van der Waals surface area contributed by atoms with Crippen LogP contribution in [-0.4, -0.2) is 46.6 Å². The van der Waals surface area contributed by atoms with E-state index in [4.69, 9.17) is 5.11 Å². The first-order chi connectivity index (χ1) is 9.99. The third-order valence-electron chi connectivity index (χ3n) is 3.80. The lowest BCUT2D eigenvalue weighted by Gasteiger charge is -2.24. The Hall–Kier alpha value is -2.15. The molecule has 1 aliphatic heterocycles.